The van der Waals surface area contributed by atoms with Gasteiger partial charge in [-0.25, -0.2) is 4.98 Å². The molecular weight excluding hydrogens is 453 g/mol. The Balaban J connectivity index is 1.59. The molecule has 8 heteroatoms. The molecule has 0 aliphatic carbocycles. The molecule has 0 saturated carbocycles. The number of nitrogens with one attached hydrogen (secondary N) is 2. The van der Waals surface area contributed by atoms with Crippen molar-refractivity contribution < 1.29 is 18.0 Å². The summed E-state index contributed by atoms with van der Waals surface area (Å²) < 4.78 is 42.2. The van der Waals surface area contributed by atoms with Gasteiger partial charge in [0.2, 0.25) is 5.91 Å². The Bertz CT molecular complexity index is 1540. The van der Waals surface area contributed by atoms with Gasteiger partial charge in [-0.2, -0.15) is 13.2 Å². The molecule has 2 N–H and O–H groups in total. The van der Waals surface area contributed by atoms with Crippen molar-refractivity contribution in [2.75, 3.05) is 18.9 Å². The number of likely N-dealkylation sites (N-methyl/N-ethyl adjacent to an activating group) is 1. The van der Waals surface area contributed by atoms with Gasteiger partial charge in [-0.3, -0.25) is 9.36 Å². The minimum atomic E-state index is -4.59. The van der Waals surface area contributed by atoms with E-state index < -0.39 is 11.9 Å². The number of imidazole rings is 1. The predicted octanol–water partition coefficient (Wildman–Crippen LogP) is 6.02. The molecule has 0 bridgehead atoms. The Morgan fingerprint density at radius 3 is 2.37 bits per heavy atom. The van der Waals surface area contributed by atoms with Crippen molar-refractivity contribution >= 4 is 33.1 Å². The van der Waals surface area contributed by atoms with Crippen LogP contribution >= 0.6 is 0 Å². The number of carbonyl (C=O) groups excluding carboxylic acids is 1. The number of amides is 1. The van der Waals surface area contributed by atoms with Crippen LogP contribution in [0, 0.1) is 0 Å². The molecule has 0 saturated heterocycles. The standard InChI is InChI=1S/C27H21F3N4O/c1-31-15-25(35)32-20-9-11-21(12-10-20)34-16-24(27(28,29)30)33-26(34)19-8-13-23-18(14-19)7-6-17-4-2-3-5-22(17)23/h2-14,16,31H,15H2,1H3,(H,32,35). The van der Waals surface area contributed by atoms with Crippen LogP contribution in [-0.4, -0.2) is 29.1 Å². The zero-order valence-corrected chi connectivity index (χ0v) is 18.7. The van der Waals surface area contributed by atoms with Crippen LogP contribution in [-0.2, 0) is 11.0 Å². The average molecular weight is 474 g/mol. The van der Waals surface area contributed by atoms with Gasteiger partial charge < -0.3 is 10.6 Å². The molecule has 176 valence electrons. The van der Waals surface area contributed by atoms with Crippen LogP contribution in [0.4, 0.5) is 18.9 Å². The Labute approximate surface area is 199 Å². The maximum absolute atomic E-state index is 13.6. The van der Waals surface area contributed by atoms with Gasteiger partial charge >= 0.3 is 6.18 Å². The summed E-state index contributed by atoms with van der Waals surface area (Å²) in [5, 5.41) is 9.58. The molecule has 0 spiro atoms. The molecule has 1 heterocycles. The third-order valence-electron chi connectivity index (χ3n) is 5.77. The van der Waals surface area contributed by atoms with Crippen LogP contribution in [0.25, 0.3) is 38.6 Å². The van der Waals surface area contributed by atoms with E-state index in [1.807, 2.05) is 48.5 Å². The molecule has 0 atom stereocenters. The second-order valence-corrected chi connectivity index (χ2v) is 8.17. The van der Waals surface area contributed by atoms with Crippen molar-refractivity contribution in [2.24, 2.45) is 0 Å². The van der Waals surface area contributed by atoms with Crippen LogP contribution in [0.5, 0.6) is 0 Å². The number of aromatic nitrogens is 2. The highest BCUT2D eigenvalue weighted by atomic mass is 19.4. The Kier molecular flexibility index (Phi) is 5.74. The highest BCUT2D eigenvalue weighted by Crippen LogP contribution is 2.35. The molecule has 0 unspecified atom stereocenters. The molecule has 35 heavy (non-hydrogen) atoms. The molecule has 5 nitrogen and oxygen atoms in total. The van der Waals surface area contributed by atoms with Crippen LogP contribution in [0.15, 0.2) is 85.1 Å². The van der Waals surface area contributed by atoms with Gasteiger partial charge in [0.05, 0.1) is 6.54 Å². The van der Waals surface area contributed by atoms with Gasteiger partial charge in [-0.1, -0.05) is 48.5 Å². The molecule has 4 aromatic carbocycles. The van der Waals surface area contributed by atoms with Crippen molar-refractivity contribution in [3.63, 3.8) is 0 Å². The fourth-order valence-corrected chi connectivity index (χ4v) is 4.14. The average Bonchev–Trinajstić information content (AvgIpc) is 3.30. The van der Waals surface area contributed by atoms with Crippen molar-refractivity contribution in [3.8, 4) is 17.1 Å². The van der Waals surface area contributed by atoms with Crippen LogP contribution < -0.4 is 10.6 Å². The molecule has 5 aromatic rings. The van der Waals surface area contributed by atoms with Crippen molar-refractivity contribution in [3.05, 3.63) is 90.8 Å². The lowest BCUT2D eigenvalue weighted by Crippen LogP contribution is -2.24. The smallest absolute Gasteiger partial charge is 0.325 e. The molecule has 0 fully saturated rings. The summed E-state index contributed by atoms with van der Waals surface area (Å²) in [6.45, 7) is 0.152. The number of anilines is 1. The van der Waals surface area contributed by atoms with Crippen molar-refractivity contribution in [1.29, 1.82) is 0 Å². The van der Waals surface area contributed by atoms with Crippen LogP contribution in [0.1, 0.15) is 5.69 Å². The number of halogens is 3. The van der Waals surface area contributed by atoms with E-state index in [9.17, 15) is 18.0 Å². The van der Waals surface area contributed by atoms with E-state index in [-0.39, 0.29) is 18.3 Å². The Hall–Kier alpha value is -4.17. The van der Waals surface area contributed by atoms with E-state index in [1.165, 1.54) is 4.57 Å². The molecule has 1 amide bonds. The number of hydrogen-bond donors (Lipinski definition) is 2. The van der Waals surface area contributed by atoms with E-state index in [0.29, 0.717) is 16.9 Å². The number of hydrogen-bond acceptors (Lipinski definition) is 3. The number of alkyl halides is 3. The van der Waals surface area contributed by atoms with E-state index in [0.717, 1.165) is 27.7 Å². The summed E-state index contributed by atoms with van der Waals surface area (Å²) >= 11 is 0. The predicted molar refractivity (Wildman–Crippen MR) is 132 cm³/mol. The third kappa shape index (κ3) is 4.48. The lowest BCUT2D eigenvalue weighted by Gasteiger charge is -2.11. The van der Waals surface area contributed by atoms with Gasteiger partial charge in [-0.05, 0) is 58.9 Å². The van der Waals surface area contributed by atoms with Crippen molar-refractivity contribution in [2.45, 2.75) is 6.18 Å². The number of fused-ring (bicyclic) bond motifs is 3. The summed E-state index contributed by atoms with van der Waals surface area (Å²) in [5.74, 6) is -0.0361. The first-order valence-electron chi connectivity index (χ1n) is 11.0. The van der Waals surface area contributed by atoms with Crippen LogP contribution in [0.2, 0.25) is 0 Å². The second-order valence-electron chi connectivity index (χ2n) is 8.17. The van der Waals surface area contributed by atoms with Gasteiger partial charge in [0, 0.05) is 23.1 Å². The SMILES string of the molecule is CNCC(=O)Nc1ccc(-n2cc(C(F)(F)F)nc2-c2ccc3c(ccc4ccccc43)c2)cc1. The Morgan fingerprint density at radius 2 is 1.63 bits per heavy atom. The highest BCUT2D eigenvalue weighted by Gasteiger charge is 2.35. The van der Waals surface area contributed by atoms with Gasteiger partial charge in [0.15, 0.2) is 5.69 Å². The van der Waals surface area contributed by atoms with E-state index in [1.54, 1.807) is 37.4 Å². The lowest BCUT2D eigenvalue weighted by molar-refractivity contribution is -0.140. The first-order chi connectivity index (χ1) is 16.8. The maximum atomic E-state index is 13.6. The summed E-state index contributed by atoms with van der Waals surface area (Å²) in [7, 11) is 1.66. The number of benzene rings is 4. The lowest BCUT2D eigenvalue weighted by atomic mass is 10.00. The van der Waals surface area contributed by atoms with E-state index in [4.69, 9.17) is 0 Å². The largest absolute Gasteiger partial charge is 0.434 e. The highest BCUT2D eigenvalue weighted by molar-refractivity contribution is 6.08. The van der Waals surface area contributed by atoms with Crippen LogP contribution in [0.3, 0.4) is 0 Å². The number of carbonyl (C=O) groups is 1. The normalized spacial score (nSPS) is 11.8. The Morgan fingerprint density at radius 1 is 0.914 bits per heavy atom. The molecule has 0 radical (unpaired) electrons. The zero-order valence-electron chi connectivity index (χ0n) is 18.7. The number of rotatable bonds is 5. The van der Waals surface area contributed by atoms with E-state index >= 15 is 0 Å². The van der Waals surface area contributed by atoms with Gasteiger partial charge in [-0.15, -0.1) is 0 Å². The fraction of sp³-hybridized carbons (Fsp3) is 0.111. The minimum absolute atomic E-state index is 0.152. The van der Waals surface area contributed by atoms with Crippen molar-refractivity contribution in [1.82, 2.24) is 14.9 Å². The summed E-state index contributed by atoms with van der Waals surface area (Å²) in [4.78, 5) is 15.7. The third-order valence-corrected chi connectivity index (χ3v) is 5.77. The quantitative estimate of drug-likeness (QED) is 0.306. The van der Waals surface area contributed by atoms with Gasteiger partial charge in [0.25, 0.3) is 0 Å². The first-order valence-corrected chi connectivity index (χ1v) is 11.0. The molecule has 5 rings (SSSR count). The fourth-order valence-electron chi connectivity index (χ4n) is 4.14. The monoisotopic (exact) mass is 474 g/mol. The zero-order chi connectivity index (χ0) is 24.6. The summed E-state index contributed by atoms with van der Waals surface area (Å²) in [5.41, 5.74) is 0.629. The second kappa shape index (κ2) is 8.88. The number of nitrogens with zero attached hydrogens (tertiary/aromatic N) is 2. The summed E-state index contributed by atoms with van der Waals surface area (Å²) in [6, 6.07) is 24.1. The maximum Gasteiger partial charge on any atom is 0.434 e. The first kappa shape index (κ1) is 22.6. The summed E-state index contributed by atoms with van der Waals surface area (Å²) in [6.07, 6.45) is -3.59. The van der Waals surface area contributed by atoms with Gasteiger partial charge in [0.1, 0.15) is 5.82 Å². The molecular formula is C27H21F3N4O. The molecule has 0 aliphatic rings. The molecule has 0 aliphatic heterocycles. The topological polar surface area (TPSA) is 59.0 Å². The molecule has 1 aromatic heterocycles. The van der Waals surface area contributed by atoms with E-state index in [2.05, 4.69) is 15.6 Å². The minimum Gasteiger partial charge on any atom is -0.325 e.